The average Bonchev–Trinajstić information content (AvgIpc) is 1.88. The minimum atomic E-state index is -4.49. The van der Waals surface area contributed by atoms with Gasteiger partial charge in [-0.15, -0.1) is 13.2 Å². The van der Waals surface area contributed by atoms with Crippen LogP contribution in [0.4, 0.5) is 13.2 Å². The molecule has 0 rings (SSSR count). The Kier molecular flexibility index (Phi) is 8.74. The largest absolute Gasteiger partial charge is 0.522 e. The number of nitrogens with zero attached hydrogens (tertiary/aromatic N) is 1. The predicted octanol–water partition coefficient (Wildman–Crippen LogP) is 2.11. The third kappa shape index (κ3) is 16.4. The first-order valence-electron chi connectivity index (χ1n) is 3.77. The third-order valence-corrected chi connectivity index (χ3v) is 0.804. The summed E-state index contributed by atoms with van der Waals surface area (Å²) in [5.41, 5.74) is 0. The van der Waals surface area contributed by atoms with E-state index in [0.717, 1.165) is 0 Å². The Balaban J connectivity index is 0. The van der Waals surface area contributed by atoms with Crippen molar-refractivity contribution >= 4 is 0 Å². The summed E-state index contributed by atoms with van der Waals surface area (Å²) in [7, 11) is 3.36. The Bertz CT molecular complexity index is 93.1. The fraction of sp³-hybridized carbons (Fsp3) is 1.00. The van der Waals surface area contributed by atoms with E-state index in [1.807, 2.05) is 13.8 Å². The molecule has 0 atom stereocenters. The van der Waals surface area contributed by atoms with Crippen molar-refractivity contribution in [2.75, 3.05) is 27.2 Å². The molecular formula is C7H16F3NO. The zero-order valence-corrected chi connectivity index (χ0v) is 7.90. The van der Waals surface area contributed by atoms with Crippen LogP contribution in [-0.4, -0.2) is 38.5 Å². The molecule has 0 aromatic rings. The van der Waals surface area contributed by atoms with E-state index in [0.29, 0.717) is 0 Å². The van der Waals surface area contributed by atoms with Gasteiger partial charge >= 0.3 is 6.36 Å². The van der Waals surface area contributed by atoms with Gasteiger partial charge < -0.3 is 4.90 Å². The molecular weight excluding hydrogens is 171 g/mol. The Morgan fingerprint density at radius 1 is 1.17 bits per heavy atom. The summed E-state index contributed by atoms with van der Waals surface area (Å²) >= 11 is 0. The molecule has 76 valence electrons. The molecule has 0 aromatic heterocycles. The molecule has 0 heterocycles. The fourth-order valence-corrected chi connectivity index (χ4v) is 0.344. The van der Waals surface area contributed by atoms with Crippen molar-refractivity contribution in [3.63, 3.8) is 0 Å². The first-order valence-corrected chi connectivity index (χ1v) is 3.77. The molecule has 0 saturated heterocycles. The lowest BCUT2D eigenvalue weighted by Crippen LogP contribution is -2.23. The van der Waals surface area contributed by atoms with Crippen LogP contribution in [0.25, 0.3) is 0 Å². The van der Waals surface area contributed by atoms with Gasteiger partial charge in [0.2, 0.25) is 0 Å². The fourth-order valence-electron chi connectivity index (χ4n) is 0.344. The quantitative estimate of drug-likeness (QED) is 0.671. The van der Waals surface area contributed by atoms with Crippen molar-refractivity contribution < 1.29 is 17.9 Å². The van der Waals surface area contributed by atoms with Crippen LogP contribution < -0.4 is 0 Å². The minimum Gasteiger partial charge on any atom is -0.307 e. The van der Waals surface area contributed by atoms with Crippen LogP contribution in [0.3, 0.4) is 0 Å². The van der Waals surface area contributed by atoms with Gasteiger partial charge in [0, 0.05) is 6.54 Å². The average molecular weight is 187 g/mol. The molecule has 0 aliphatic heterocycles. The van der Waals surface area contributed by atoms with E-state index < -0.39 is 6.36 Å². The second kappa shape index (κ2) is 7.36. The number of hydrogen-bond donors (Lipinski definition) is 0. The summed E-state index contributed by atoms with van der Waals surface area (Å²) in [4.78, 5) is 1.62. The van der Waals surface area contributed by atoms with Gasteiger partial charge in [0.1, 0.15) is 0 Å². The Morgan fingerprint density at radius 2 is 1.58 bits per heavy atom. The highest BCUT2D eigenvalue weighted by Gasteiger charge is 2.28. The van der Waals surface area contributed by atoms with Crippen molar-refractivity contribution in [3.05, 3.63) is 0 Å². The Labute approximate surface area is 71.3 Å². The molecule has 0 unspecified atom stereocenters. The molecule has 2 nitrogen and oxygen atoms in total. The molecule has 5 heteroatoms. The summed E-state index contributed by atoms with van der Waals surface area (Å²) in [6, 6.07) is 0. The first kappa shape index (κ1) is 14.2. The molecule has 0 N–H and O–H groups in total. The lowest BCUT2D eigenvalue weighted by Gasteiger charge is -2.10. The number of ether oxygens (including phenoxy) is 1. The molecule has 0 saturated carbocycles. The normalized spacial score (nSPS) is 11.0. The van der Waals surface area contributed by atoms with Crippen LogP contribution in [0.15, 0.2) is 0 Å². The van der Waals surface area contributed by atoms with Gasteiger partial charge in [-0.3, -0.25) is 4.74 Å². The standard InChI is InChI=1S/C5H10F3NO.C2H6/c1-9(2)3-4-10-5(6,7)8;1-2/h3-4H2,1-2H3;1-2H3. The van der Waals surface area contributed by atoms with Crippen molar-refractivity contribution in [1.82, 2.24) is 4.90 Å². The third-order valence-electron chi connectivity index (χ3n) is 0.804. The van der Waals surface area contributed by atoms with Gasteiger partial charge in [0.15, 0.2) is 0 Å². The Morgan fingerprint density at radius 3 is 1.83 bits per heavy atom. The molecule has 0 amide bonds. The van der Waals surface area contributed by atoms with Gasteiger partial charge in [-0.25, -0.2) is 0 Å². The van der Waals surface area contributed by atoms with Crippen molar-refractivity contribution in [3.8, 4) is 0 Å². The highest BCUT2D eigenvalue weighted by molar-refractivity contribution is 4.40. The molecule has 0 aromatic carbocycles. The summed E-state index contributed by atoms with van der Waals surface area (Å²) < 4.78 is 37.3. The lowest BCUT2D eigenvalue weighted by atomic mass is 10.6. The van der Waals surface area contributed by atoms with E-state index in [1.54, 1.807) is 19.0 Å². The summed E-state index contributed by atoms with van der Waals surface area (Å²) in [6.45, 7) is 3.97. The van der Waals surface area contributed by atoms with E-state index in [2.05, 4.69) is 4.74 Å². The zero-order chi connectivity index (χ0) is 10.2. The van der Waals surface area contributed by atoms with Crippen LogP contribution in [-0.2, 0) is 4.74 Å². The maximum atomic E-state index is 11.3. The number of hydrogen-bond acceptors (Lipinski definition) is 2. The van der Waals surface area contributed by atoms with E-state index in [1.165, 1.54) is 0 Å². The monoisotopic (exact) mass is 187 g/mol. The SMILES string of the molecule is CC.CN(C)CCOC(F)(F)F. The van der Waals surface area contributed by atoms with Crippen LogP contribution in [0.2, 0.25) is 0 Å². The highest BCUT2D eigenvalue weighted by atomic mass is 19.4. The molecule has 0 aliphatic carbocycles. The topological polar surface area (TPSA) is 12.5 Å². The summed E-state index contributed by atoms with van der Waals surface area (Å²) in [6.07, 6.45) is -4.49. The van der Waals surface area contributed by atoms with Crippen molar-refractivity contribution in [2.45, 2.75) is 20.2 Å². The second-order valence-electron chi connectivity index (χ2n) is 2.10. The molecule has 0 radical (unpaired) electrons. The number of halogens is 3. The molecule has 12 heavy (non-hydrogen) atoms. The predicted molar refractivity (Wildman–Crippen MR) is 41.9 cm³/mol. The molecule has 0 bridgehead atoms. The number of alkyl halides is 3. The van der Waals surface area contributed by atoms with E-state index in [4.69, 9.17) is 0 Å². The Hall–Kier alpha value is -0.290. The number of likely N-dealkylation sites (N-methyl/N-ethyl adjacent to an activating group) is 1. The summed E-state index contributed by atoms with van der Waals surface area (Å²) in [5.74, 6) is 0. The molecule has 0 spiro atoms. The van der Waals surface area contributed by atoms with E-state index in [-0.39, 0.29) is 13.2 Å². The van der Waals surface area contributed by atoms with Gasteiger partial charge in [-0.2, -0.15) is 0 Å². The minimum absolute atomic E-state index is 0.277. The van der Waals surface area contributed by atoms with Gasteiger partial charge in [-0.1, -0.05) is 13.8 Å². The van der Waals surface area contributed by atoms with Crippen molar-refractivity contribution in [1.29, 1.82) is 0 Å². The zero-order valence-electron chi connectivity index (χ0n) is 7.90. The van der Waals surface area contributed by atoms with Crippen LogP contribution in [0.5, 0.6) is 0 Å². The second-order valence-corrected chi connectivity index (χ2v) is 2.10. The van der Waals surface area contributed by atoms with Gasteiger partial charge in [-0.05, 0) is 14.1 Å². The first-order chi connectivity index (χ1) is 5.42. The number of rotatable bonds is 3. The smallest absolute Gasteiger partial charge is 0.307 e. The molecule has 0 aliphatic rings. The van der Waals surface area contributed by atoms with Crippen LogP contribution >= 0.6 is 0 Å². The summed E-state index contributed by atoms with van der Waals surface area (Å²) in [5, 5.41) is 0. The van der Waals surface area contributed by atoms with Gasteiger partial charge in [0.25, 0.3) is 0 Å². The lowest BCUT2D eigenvalue weighted by molar-refractivity contribution is -0.324. The highest BCUT2D eigenvalue weighted by Crippen LogP contribution is 2.15. The van der Waals surface area contributed by atoms with Crippen LogP contribution in [0, 0.1) is 0 Å². The van der Waals surface area contributed by atoms with E-state index >= 15 is 0 Å². The van der Waals surface area contributed by atoms with E-state index in [9.17, 15) is 13.2 Å². The van der Waals surface area contributed by atoms with Crippen molar-refractivity contribution in [2.24, 2.45) is 0 Å². The van der Waals surface area contributed by atoms with Gasteiger partial charge in [0.05, 0.1) is 6.61 Å². The van der Waals surface area contributed by atoms with Crippen LogP contribution in [0.1, 0.15) is 13.8 Å². The maximum absolute atomic E-state index is 11.3. The molecule has 0 fully saturated rings. The maximum Gasteiger partial charge on any atom is 0.522 e.